The first-order chi connectivity index (χ1) is 65.1. The molecule has 41 heteroatoms. The molecule has 4 aromatic carbocycles. The second kappa shape index (κ2) is 60.7. The molecule has 7 aromatic heterocycles. The number of β-lactam (4-membered cyclic amide) rings is 5. The fraction of sp³-hybridized carbons (Fsp3) is 0.320. The van der Waals surface area contributed by atoms with Crippen LogP contribution in [0.25, 0.3) is 0 Å². The largest absolute Gasteiger partial charge is 1.00 e. The maximum absolute atomic E-state index is 12.3. The monoisotopic (exact) mass is 1960 g/mol. The van der Waals surface area contributed by atoms with Crippen LogP contribution in [0.1, 0.15) is 145 Å². The number of ether oxygens (including phenoxy) is 11. The number of carbonyl (C=O) groups excluding carboxylic acids is 11. The average molecular weight is 1960 g/mol. The summed E-state index contributed by atoms with van der Waals surface area (Å²) in [5.74, 6) is 3.87. The number of halogens is 1. The van der Waals surface area contributed by atoms with E-state index in [1.807, 2.05) is 48.5 Å². The number of allylic oxidation sites excluding steroid dienone is 1. The number of nitrogens with one attached hydrogen (secondary N) is 3. The predicted octanol–water partition coefficient (Wildman–Crippen LogP) is 11.1. The molecule has 736 valence electrons. The molecule has 0 radical (unpaired) electrons. The van der Waals surface area contributed by atoms with Crippen LogP contribution in [0, 0.1) is 0 Å². The van der Waals surface area contributed by atoms with Gasteiger partial charge in [-0.05, 0) is 234 Å². The molecule has 0 saturated carbocycles. The number of nitrogens with zero attached hydrogens (tertiary/aromatic N) is 4. The molecule has 5 amide bonds. The quantitative estimate of drug-likeness (QED) is 0.00321. The van der Waals surface area contributed by atoms with E-state index in [-0.39, 0.29) is 111 Å². The Labute approximate surface area is 844 Å². The van der Waals surface area contributed by atoms with Crippen molar-refractivity contribution in [2.45, 2.75) is 136 Å². The molecule has 5 aliphatic heterocycles. The van der Waals surface area contributed by atoms with Crippen molar-refractivity contribution in [2.24, 2.45) is 4.99 Å². The molecular weight excluding hydrogens is 1850 g/mol. The van der Waals surface area contributed by atoms with E-state index in [9.17, 15) is 52.7 Å². The van der Waals surface area contributed by atoms with E-state index >= 15 is 0 Å². The van der Waals surface area contributed by atoms with Gasteiger partial charge in [0.15, 0.2) is 36.6 Å². The van der Waals surface area contributed by atoms with Crippen LogP contribution in [0.5, 0.6) is 23.0 Å². The number of hydrogen-bond donors (Lipinski definition) is 5. The van der Waals surface area contributed by atoms with Gasteiger partial charge < -0.3 is 120 Å². The standard InChI is InChI=1S/2C16H15NO5.C12H11NO2.C11H15NO4.C9H9NO4.C7H7NO3.C7H9NO.C6H15N.C5H4O2.C4H5ClO3.C4H8O.K.H2O/c2*1-10(18)22-15-14(13-4-3-9-21-13)17(16(15)19)11-5-7-12(20-2)8-6-11;1-14-11-6-4-10(5-7-11)13-9-12-3-2-8-15-12;1-11(2,14-3)16-9-8(12-10(9)13)7-5-4-6-15-7;1-5(11)14-8-7(10-9(8)12)6-3-2-4-13-6;9-6-5(8-7(6)10)4-2-1-3-11-4;1-9-7-4-2-6(8)3-5-7;1-4-7(5-2)6-3;6-4-5-2-1-3-7-5;1-3(6)8-2-4(5)7;1-4(2)5-3;;/h2*3-9,14-15H,1-2H3;2-9H,1H3;4-6,8-9H,1-3H3,(H,12,13);2-4,7-8H,1H3,(H,10,12);1-3,5-6,9H,(H,8,10);2-5H,8H2,1H3;4-6H2,1-3H3;1-4H;2H2,1H3;1H2,2-3H3;;1H2/q;;;;;;;;;;;+1;/p-1/t2*14-,15+;;8-,9+;7-,8+;5-,6+;;;;;;;/m00.000......./s1. The zero-order valence-electron chi connectivity index (χ0n) is 79.3. The van der Waals surface area contributed by atoms with Crippen molar-refractivity contribution in [3.8, 4) is 23.0 Å². The summed E-state index contributed by atoms with van der Waals surface area (Å²) in [6.07, 6.45) is 9.10. The number of aldehydes is 1. The average Bonchev–Trinajstić information content (AvgIpc) is 1.48. The van der Waals surface area contributed by atoms with E-state index in [2.05, 4.69) is 67.1 Å². The van der Waals surface area contributed by atoms with Gasteiger partial charge in [-0.25, -0.2) is 0 Å². The Bertz CT molecular complexity index is 5310. The summed E-state index contributed by atoms with van der Waals surface area (Å²) < 4.78 is 90.5. The third-order valence-corrected chi connectivity index (χ3v) is 19.3. The Kier molecular flexibility index (Phi) is 51.3. The van der Waals surface area contributed by atoms with E-state index in [0.29, 0.717) is 63.7 Å². The molecule has 39 nitrogen and oxygen atoms in total. The van der Waals surface area contributed by atoms with Crippen LogP contribution in [0.2, 0.25) is 0 Å². The predicted molar refractivity (Wildman–Crippen MR) is 496 cm³/mol. The molecule has 12 heterocycles. The molecule has 5 saturated heterocycles. The van der Waals surface area contributed by atoms with Crippen molar-refractivity contribution in [3.63, 3.8) is 0 Å². The van der Waals surface area contributed by atoms with E-state index in [4.69, 9.17) is 91.6 Å². The molecule has 16 rings (SSSR count). The zero-order chi connectivity index (χ0) is 100.0. The molecule has 11 aromatic rings. The number of aliphatic hydroxyl groups is 1. The van der Waals surface area contributed by atoms with Gasteiger partial charge in [0, 0.05) is 51.9 Å². The molecule has 138 heavy (non-hydrogen) atoms. The van der Waals surface area contributed by atoms with E-state index in [1.165, 1.54) is 78.6 Å². The topological polar surface area (TPSA) is 516 Å². The summed E-state index contributed by atoms with van der Waals surface area (Å²) in [4.78, 5) is 130. The van der Waals surface area contributed by atoms with Crippen molar-refractivity contribution < 1.29 is 198 Å². The molecule has 5 aliphatic rings. The summed E-state index contributed by atoms with van der Waals surface area (Å²) in [5.41, 5.74) is 8.43. The first kappa shape index (κ1) is 117. The number of benzene rings is 4. The maximum atomic E-state index is 12.3. The number of aliphatic imine (C=N–C) groups is 1. The number of amides is 5. The molecule has 5 fully saturated rings. The Balaban J connectivity index is 0.000000325. The number of aliphatic hydroxyl groups excluding tert-OH is 1. The number of methoxy groups -OCH3 is 6. The Morgan fingerprint density at radius 1 is 0.478 bits per heavy atom. The summed E-state index contributed by atoms with van der Waals surface area (Å²) in [7, 11) is 9.56. The summed E-state index contributed by atoms with van der Waals surface area (Å²) in [6.45, 7) is 23.6. The van der Waals surface area contributed by atoms with Gasteiger partial charge in [0.2, 0.25) is 18.3 Å². The van der Waals surface area contributed by atoms with Crippen LogP contribution < -0.4 is 102 Å². The second-order valence-electron chi connectivity index (χ2n) is 29.0. The van der Waals surface area contributed by atoms with Crippen LogP contribution in [0.3, 0.4) is 0 Å². The maximum Gasteiger partial charge on any atom is 1.00 e. The van der Waals surface area contributed by atoms with Crippen molar-refractivity contribution in [1.29, 1.82) is 0 Å². The number of nitrogens with two attached hydrogens (primary N) is 1. The van der Waals surface area contributed by atoms with Gasteiger partial charge in [0.25, 0.3) is 34.8 Å². The summed E-state index contributed by atoms with van der Waals surface area (Å²) in [6, 6.07) is 51.5. The molecule has 10 atom stereocenters. The molecule has 0 unspecified atom stereocenters. The first-order valence-electron chi connectivity index (χ1n) is 41.9. The Morgan fingerprint density at radius 3 is 1.09 bits per heavy atom. The van der Waals surface area contributed by atoms with E-state index in [1.54, 1.807) is 225 Å². The van der Waals surface area contributed by atoms with Crippen molar-refractivity contribution >= 4 is 106 Å². The van der Waals surface area contributed by atoms with Crippen LogP contribution in [0.15, 0.2) is 274 Å². The summed E-state index contributed by atoms with van der Waals surface area (Å²) in [5, 5.41) is 16.2. The number of anilines is 3. The molecular formula is C97H114ClKN8O31. The molecule has 0 bridgehead atoms. The third-order valence-electron chi connectivity index (χ3n) is 19.2. The third kappa shape index (κ3) is 37.4. The van der Waals surface area contributed by atoms with Gasteiger partial charge in [0.05, 0.1) is 97.1 Å². The number of furan rings is 7. The molecule has 0 aliphatic carbocycles. The first-order valence-corrected chi connectivity index (χ1v) is 42.3. The van der Waals surface area contributed by atoms with Crippen molar-refractivity contribution in [1.82, 2.24) is 20.9 Å². The summed E-state index contributed by atoms with van der Waals surface area (Å²) >= 11 is 4.81. The number of nitrogen functional groups attached to an aromatic ring is 1. The smallest absolute Gasteiger partial charge is 0.870 e. The van der Waals surface area contributed by atoms with Crippen molar-refractivity contribution in [3.05, 3.63) is 278 Å². The zero-order valence-corrected chi connectivity index (χ0v) is 83.2. The van der Waals surface area contributed by atoms with Gasteiger partial charge in [0.1, 0.15) is 87.8 Å². The van der Waals surface area contributed by atoms with Gasteiger partial charge >= 0.3 is 75.3 Å². The number of carbonyl (C=O) groups is 11. The number of hydrogen-bond acceptors (Lipinski definition) is 34. The Hall–Kier alpha value is -13.7. The van der Waals surface area contributed by atoms with Crippen molar-refractivity contribution in [2.75, 3.05) is 84.4 Å². The van der Waals surface area contributed by atoms with Gasteiger partial charge in [-0.3, -0.25) is 67.5 Å². The van der Waals surface area contributed by atoms with Crippen LogP contribution >= 0.6 is 11.6 Å². The van der Waals surface area contributed by atoms with E-state index in [0.717, 1.165) is 34.4 Å². The number of rotatable bonds is 26. The Morgan fingerprint density at radius 2 is 0.812 bits per heavy atom. The minimum atomic E-state index is -0.943. The SMILES string of the molecule is C=C(C)OC.CC(=O)OCC(=O)Cl.CC(=O)O[C@H]1C(=O)N[C@H]1c1ccco1.CCN(CC)CC.COC(C)(C)O[C@H]1C(=O)N[C@H]1c1ccco1.COc1ccc(N)cc1.COc1ccc(N2C(=O)[C@H](OC(C)=O)[C@@H]2c2ccco2)cc1.COc1ccc(N2C(=O)[C@H](OC(C)=O)[C@@H]2c2ccco2)cc1.COc1ccc(N=Cc2ccco2)cc1.O=C1N[C@@H](c2ccco2)[C@H]1O.O=Cc1ccco1.[K+].[OH-]. The van der Waals surface area contributed by atoms with Gasteiger partial charge in [-0.2, -0.15) is 0 Å². The van der Waals surface area contributed by atoms with Gasteiger partial charge in [-0.1, -0.05) is 27.4 Å². The second-order valence-corrected chi connectivity index (χ2v) is 29.4. The number of esters is 4. The fourth-order valence-corrected chi connectivity index (χ4v) is 12.0. The van der Waals surface area contributed by atoms with Crippen LogP contribution in [-0.2, 0) is 81.1 Å². The fourth-order valence-electron chi connectivity index (χ4n) is 12.0. The minimum absolute atomic E-state index is 0. The van der Waals surface area contributed by atoms with Gasteiger partial charge in [-0.15, -0.1) is 0 Å². The van der Waals surface area contributed by atoms with E-state index < -0.39 is 77.5 Å². The molecule has 7 N–H and O–H groups in total. The van der Waals surface area contributed by atoms with Crippen LogP contribution in [0.4, 0.5) is 22.7 Å². The normalized spacial score (nSPS) is 17.7. The minimum Gasteiger partial charge on any atom is -0.870 e. The molecule has 0 spiro atoms. The van der Waals surface area contributed by atoms with Crippen LogP contribution in [-0.4, -0.2) is 192 Å².